The van der Waals surface area contributed by atoms with E-state index in [0.29, 0.717) is 24.9 Å². The third-order valence-electron chi connectivity index (χ3n) is 4.33. The fourth-order valence-electron chi connectivity index (χ4n) is 3.73. The molecular weight excluding hydrogens is 214 g/mol. The van der Waals surface area contributed by atoms with E-state index in [1.54, 1.807) is 0 Å². The molecule has 0 radical (unpaired) electrons. The van der Waals surface area contributed by atoms with E-state index in [1.807, 2.05) is 0 Å². The van der Waals surface area contributed by atoms with Gasteiger partial charge in [0.05, 0.1) is 0 Å². The van der Waals surface area contributed by atoms with Gasteiger partial charge in [-0.05, 0) is 49.9 Å². The van der Waals surface area contributed by atoms with Gasteiger partial charge in [0, 0.05) is 18.1 Å². The van der Waals surface area contributed by atoms with Crippen molar-refractivity contribution in [1.29, 1.82) is 0 Å². The van der Waals surface area contributed by atoms with E-state index in [0.717, 1.165) is 11.5 Å². The highest BCUT2D eigenvalue weighted by molar-refractivity contribution is 5.53. The summed E-state index contributed by atoms with van der Waals surface area (Å²) in [4.78, 5) is 2.64. The molecule has 4 rings (SSSR count). The van der Waals surface area contributed by atoms with E-state index in [4.69, 9.17) is 9.47 Å². The molecule has 3 nitrogen and oxygen atoms in total. The van der Waals surface area contributed by atoms with Gasteiger partial charge in [-0.15, -0.1) is 0 Å². The Hall–Kier alpha value is -1.22. The van der Waals surface area contributed by atoms with Crippen LogP contribution in [-0.2, 0) is 0 Å². The maximum absolute atomic E-state index is 5.49. The van der Waals surface area contributed by atoms with Crippen molar-refractivity contribution in [1.82, 2.24) is 4.90 Å². The lowest BCUT2D eigenvalue weighted by atomic mass is 9.91. The Bertz CT molecular complexity index is 444. The van der Waals surface area contributed by atoms with Crippen molar-refractivity contribution in [3.63, 3.8) is 0 Å². The second-order valence-corrected chi connectivity index (χ2v) is 5.48. The molecule has 3 aliphatic rings. The summed E-state index contributed by atoms with van der Waals surface area (Å²) in [5.74, 6) is 1.86. The van der Waals surface area contributed by atoms with Gasteiger partial charge in [0.15, 0.2) is 11.5 Å². The summed E-state index contributed by atoms with van der Waals surface area (Å²) in [6.45, 7) is 4.96. The Morgan fingerprint density at radius 1 is 1.06 bits per heavy atom. The second kappa shape index (κ2) is 3.16. The van der Waals surface area contributed by atoms with Crippen molar-refractivity contribution in [2.24, 2.45) is 0 Å². The quantitative estimate of drug-likeness (QED) is 0.741. The van der Waals surface area contributed by atoms with E-state index < -0.39 is 0 Å². The van der Waals surface area contributed by atoms with Crippen molar-refractivity contribution in [3.8, 4) is 11.5 Å². The van der Waals surface area contributed by atoms with Crippen LogP contribution in [0.2, 0.25) is 0 Å². The number of hydrogen-bond acceptors (Lipinski definition) is 3. The van der Waals surface area contributed by atoms with Gasteiger partial charge in [-0.3, -0.25) is 4.90 Å². The summed E-state index contributed by atoms with van der Waals surface area (Å²) in [5, 5.41) is 0. The highest BCUT2D eigenvalue weighted by atomic mass is 16.7. The molecule has 2 atom stereocenters. The average molecular weight is 231 g/mol. The summed E-state index contributed by atoms with van der Waals surface area (Å²) in [6.07, 6.45) is 2.57. The zero-order valence-corrected chi connectivity index (χ0v) is 10.3. The first-order valence-corrected chi connectivity index (χ1v) is 6.46. The first-order chi connectivity index (χ1) is 8.25. The average Bonchev–Trinajstić information content (AvgIpc) is 2.98. The van der Waals surface area contributed by atoms with Crippen LogP contribution >= 0.6 is 0 Å². The summed E-state index contributed by atoms with van der Waals surface area (Å²) >= 11 is 0. The Morgan fingerprint density at radius 2 is 1.59 bits per heavy atom. The smallest absolute Gasteiger partial charge is 0.231 e. The molecule has 2 unspecified atom stereocenters. The van der Waals surface area contributed by atoms with E-state index in [2.05, 4.69) is 30.9 Å². The molecule has 90 valence electrons. The van der Waals surface area contributed by atoms with Gasteiger partial charge in [-0.25, -0.2) is 0 Å². The van der Waals surface area contributed by atoms with Crippen LogP contribution in [0.15, 0.2) is 12.1 Å². The molecule has 1 aromatic carbocycles. The molecule has 0 amide bonds. The first-order valence-electron chi connectivity index (χ1n) is 6.46. The minimum atomic E-state index is 0.376. The lowest BCUT2D eigenvalue weighted by Crippen LogP contribution is -2.27. The molecule has 2 bridgehead atoms. The number of benzene rings is 1. The molecule has 0 aliphatic carbocycles. The molecule has 3 heterocycles. The van der Waals surface area contributed by atoms with Crippen LogP contribution in [0.4, 0.5) is 0 Å². The Morgan fingerprint density at radius 3 is 2.06 bits per heavy atom. The largest absolute Gasteiger partial charge is 0.454 e. The Labute approximate surface area is 101 Å². The van der Waals surface area contributed by atoms with Gasteiger partial charge in [-0.1, -0.05) is 0 Å². The molecule has 3 aliphatic heterocycles. The van der Waals surface area contributed by atoms with Crippen LogP contribution in [0.3, 0.4) is 0 Å². The lowest BCUT2D eigenvalue weighted by molar-refractivity contribution is 0.168. The maximum atomic E-state index is 5.49. The monoisotopic (exact) mass is 231 g/mol. The predicted molar refractivity (Wildman–Crippen MR) is 64.3 cm³/mol. The van der Waals surface area contributed by atoms with Gasteiger partial charge >= 0.3 is 0 Å². The summed E-state index contributed by atoms with van der Waals surface area (Å²) in [5.41, 5.74) is 2.94. The minimum absolute atomic E-state index is 0.376. The van der Waals surface area contributed by atoms with E-state index >= 15 is 0 Å². The van der Waals surface area contributed by atoms with Crippen molar-refractivity contribution in [2.75, 3.05) is 6.79 Å². The summed E-state index contributed by atoms with van der Waals surface area (Å²) < 4.78 is 11.0. The Kier molecular flexibility index (Phi) is 1.82. The van der Waals surface area contributed by atoms with Crippen molar-refractivity contribution in [3.05, 3.63) is 23.3 Å². The number of hydrogen-bond donors (Lipinski definition) is 0. The van der Waals surface area contributed by atoms with Crippen LogP contribution in [0, 0.1) is 0 Å². The topological polar surface area (TPSA) is 21.7 Å². The summed E-state index contributed by atoms with van der Waals surface area (Å²) in [6, 6.07) is 6.22. The zero-order chi connectivity index (χ0) is 11.6. The minimum Gasteiger partial charge on any atom is -0.454 e. The van der Waals surface area contributed by atoms with Crippen molar-refractivity contribution < 1.29 is 9.47 Å². The van der Waals surface area contributed by atoms with Crippen LogP contribution in [0.5, 0.6) is 11.5 Å². The second-order valence-electron chi connectivity index (χ2n) is 5.48. The van der Waals surface area contributed by atoms with Gasteiger partial charge in [0.25, 0.3) is 0 Å². The molecule has 17 heavy (non-hydrogen) atoms. The number of ether oxygens (including phenoxy) is 2. The molecule has 1 saturated heterocycles. The van der Waals surface area contributed by atoms with Gasteiger partial charge in [0.1, 0.15) is 0 Å². The molecule has 0 spiro atoms. The standard InChI is InChI=1S/C14H17NO2/c1-8(2)15-11-3-4-12(15)10-6-14-13(5-9(10)11)16-7-17-14/h5-6,8,11-12H,3-4,7H2,1-2H3. The molecular formula is C14H17NO2. The van der Waals surface area contributed by atoms with Gasteiger partial charge < -0.3 is 9.47 Å². The van der Waals surface area contributed by atoms with Gasteiger partial charge in [0.2, 0.25) is 6.79 Å². The molecule has 0 N–H and O–H groups in total. The molecule has 1 aromatic rings. The molecule has 0 aromatic heterocycles. The highest BCUT2D eigenvalue weighted by Crippen LogP contribution is 2.56. The van der Waals surface area contributed by atoms with Crippen molar-refractivity contribution >= 4 is 0 Å². The number of fused-ring (bicyclic) bond motifs is 6. The van der Waals surface area contributed by atoms with E-state index in [1.165, 1.54) is 24.0 Å². The first kappa shape index (κ1) is 9.77. The van der Waals surface area contributed by atoms with Crippen LogP contribution in [-0.4, -0.2) is 17.7 Å². The van der Waals surface area contributed by atoms with Gasteiger partial charge in [-0.2, -0.15) is 0 Å². The third kappa shape index (κ3) is 1.15. The molecule has 0 saturated carbocycles. The predicted octanol–water partition coefficient (Wildman–Crippen LogP) is 3.02. The molecule has 1 fully saturated rings. The number of nitrogens with zero attached hydrogens (tertiary/aromatic N) is 1. The van der Waals surface area contributed by atoms with E-state index in [-0.39, 0.29) is 0 Å². The fourth-order valence-corrected chi connectivity index (χ4v) is 3.73. The maximum Gasteiger partial charge on any atom is 0.231 e. The van der Waals surface area contributed by atoms with Crippen LogP contribution < -0.4 is 9.47 Å². The van der Waals surface area contributed by atoms with Crippen molar-refractivity contribution in [2.45, 2.75) is 44.8 Å². The number of rotatable bonds is 1. The lowest BCUT2D eigenvalue weighted by Gasteiger charge is -2.26. The Balaban J connectivity index is 1.85. The fraction of sp³-hybridized carbons (Fsp3) is 0.571. The zero-order valence-electron chi connectivity index (χ0n) is 10.3. The molecule has 3 heteroatoms. The van der Waals surface area contributed by atoms with E-state index in [9.17, 15) is 0 Å². The summed E-state index contributed by atoms with van der Waals surface area (Å²) in [7, 11) is 0. The normalized spacial score (nSPS) is 29.1. The van der Waals surface area contributed by atoms with Crippen LogP contribution in [0.1, 0.15) is 49.9 Å². The third-order valence-corrected chi connectivity index (χ3v) is 4.33. The van der Waals surface area contributed by atoms with Crippen LogP contribution in [0.25, 0.3) is 0 Å². The SMILES string of the molecule is CC(C)N1C2CCC1c1cc3c(cc12)OCO3. The highest BCUT2D eigenvalue weighted by Gasteiger charge is 2.45.